The molecule has 9 aromatic rings. The Labute approximate surface area is 330 Å². The fourth-order valence-corrected chi connectivity index (χ4v) is 10.0. The van der Waals surface area contributed by atoms with Crippen LogP contribution in [0.5, 0.6) is 0 Å². The third-order valence-electron chi connectivity index (χ3n) is 11.7. The number of nitrogens with zero attached hydrogens (tertiary/aromatic N) is 1. The van der Waals surface area contributed by atoms with Gasteiger partial charge in [-0.05, 0) is 82.1 Å². The van der Waals surface area contributed by atoms with Gasteiger partial charge in [-0.25, -0.2) is 0 Å². The first kappa shape index (κ1) is 33.0. The maximum Gasteiger partial charge on any atom is 0.136 e. The van der Waals surface area contributed by atoms with Crippen molar-refractivity contribution in [2.45, 2.75) is 31.5 Å². The van der Waals surface area contributed by atoms with Gasteiger partial charge in [0.05, 0.1) is 0 Å². The van der Waals surface area contributed by atoms with Crippen molar-refractivity contribution in [3.63, 3.8) is 0 Å². The van der Waals surface area contributed by atoms with Crippen LogP contribution in [-0.4, -0.2) is 11.8 Å². The lowest BCUT2D eigenvalue weighted by atomic mass is 9.86. The van der Waals surface area contributed by atoms with Gasteiger partial charge >= 0.3 is 0 Å². The van der Waals surface area contributed by atoms with E-state index < -0.39 is 0 Å². The third kappa shape index (κ3) is 5.81. The molecule has 7 aromatic carbocycles. The molecule has 2 atom stereocenters. The molecule has 0 radical (unpaired) electrons. The summed E-state index contributed by atoms with van der Waals surface area (Å²) < 4.78 is 9.20. The van der Waals surface area contributed by atoms with E-state index in [9.17, 15) is 0 Å². The molecule has 0 spiro atoms. The molecule has 2 unspecified atom stereocenters. The molecule has 0 amide bonds. The average molecular weight is 739 g/mol. The third-order valence-corrected chi connectivity index (χ3v) is 12.9. The number of furan rings is 1. The molecular weight excluding hydrogens is 701 g/mol. The summed E-state index contributed by atoms with van der Waals surface area (Å²) in [5.74, 6) is 0. The lowest BCUT2D eigenvalue weighted by Gasteiger charge is -2.33. The molecule has 56 heavy (non-hydrogen) atoms. The number of rotatable bonds is 6. The second-order valence-corrected chi connectivity index (χ2v) is 16.0. The normalized spacial score (nSPS) is 17.3. The monoisotopic (exact) mass is 738 g/mol. The largest absolute Gasteiger partial charge is 0.456 e. The highest BCUT2D eigenvalue weighted by molar-refractivity contribution is 7.26. The Bertz CT molecular complexity index is 3020. The Balaban J connectivity index is 1.01. The van der Waals surface area contributed by atoms with Gasteiger partial charge in [-0.3, -0.25) is 10.3 Å². The van der Waals surface area contributed by atoms with Gasteiger partial charge in [0.25, 0.3) is 0 Å². The molecule has 2 aliphatic rings. The van der Waals surface area contributed by atoms with Crippen LogP contribution in [0.4, 0.5) is 0 Å². The van der Waals surface area contributed by atoms with Crippen molar-refractivity contribution in [2.75, 3.05) is 0 Å². The quantitative estimate of drug-likeness (QED) is 0.184. The lowest BCUT2D eigenvalue weighted by molar-refractivity contribution is 0.460. The molecule has 0 fully saturated rings. The molecular formula is C52H38N2OS. The Morgan fingerprint density at radius 3 is 2.09 bits per heavy atom. The van der Waals surface area contributed by atoms with E-state index in [2.05, 4.69) is 181 Å². The highest BCUT2D eigenvalue weighted by Gasteiger charge is 2.29. The maximum absolute atomic E-state index is 6.59. The molecule has 1 aliphatic carbocycles. The number of nitrogens with one attached hydrogen (secondary N) is 1. The topological polar surface area (TPSA) is 37.5 Å². The predicted octanol–water partition coefficient (Wildman–Crippen LogP) is 13.9. The molecule has 11 rings (SSSR count). The van der Waals surface area contributed by atoms with Gasteiger partial charge < -0.3 is 4.42 Å². The highest BCUT2D eigenvalue weighted by Crippen LogP contribution is 2.43. The zero-order valence-corrected chi connectivity index (χ0v) is 31.6. The molecule has 0 saturated carbocycles. The Morgan fingerprint density at radius 2 is 1.29 bits per heavy atom. The van der Waals surface area contributed by atoms with Crippen molar-refractivity contribution >= 4 is 64.7 Å². The predicted molar refractivity (Wildman–Crippen MR) is 236 cm³/mol. The Hall–Kier alpha value is -6.33. The number of fused-ring (bicyclic) bond motifs is 6. The van der Waals surface area contributed by atoms with E-state index in [-0.39, 0.29) is 12.2 Å². The zero-order valence-electron chi connectivity index (χ0n) is 30.8. The van der Waals surface area contributed by atoms with Crippen LogP contribution in [0.15, 0.2) is 191 Å². The molecule has 2 aromatic heterocycles. The first-order valence-corrected chi connectivity index (χ1v) is 20.3. The summed E-state index contributed by atoms with van der Waals surface area (Å²) in [4.78, 5) is 5.46. The van der Waals surface area contributed by atoms with Crippen molar-refractivity contribution in [3.8, 4) is 22.3 Å². The van der Waals surface area contributed by atoms with Crippen LogP contribution in [0.25, 0.3) is 69.9 Å². The van der Waals surface area contributed by atoms with Crippen LogP contribution < -0.4 is 5.32 Å². The van der Waals surface area contributed by atoms with E-state index in [1.54, 1.807) is 0 Å². The summed E-state index contributed by atoms with van der Waals surface area (Å²) in [6.07, 6.45) is 7.38. The van der Waals surface area contributed by atoms with Crippen molar-refractivity contribution in [3.05, 3.63) is 198 Å². The molecule has 0 bridgehead atoms. The summed E-state index contributed by atoms with van der Waals surface area (Å²) in [7, 11) is 0. The second kappa shape index (κ2) is 13.8. The molecule has 0 saturated heterocycles. The van der Waals surface area contributed by atoms with Crippen LogP contribution in [0.2, 0.25) is 0 Å². The van der Waals surface area contributed by atoms with Crippen LogP contribution in [-0.2, 0) is 0 Å². The van der Waals surface area contributed by atoms with Crippen LogP contribution in [0, 0.1) is 0 Å². The van der Waals surface area contributed by atoms with Gasteiger partial charge in [0.15, 0.2) is 0 Å². The molecule has 3 nitrogen and oxygen atoms in total. The fourth-order valence-electron chi connectivity index (χ4n) is 8.82. The summed E-state index contributed by atoms with van der Waals surface area (Å²) in [5.41, 5.74) is 14.3. The number of hydrogen-bond acceptors (Lipinski definition) is 4. The van der Waals surface area contributed by atoms with E-state index in [0.29, 0.717) is 0 Å². The fraction of sp³-hybridized carbons (Fsp3) is 0.0962. The number of aliphatic imine (C=N–C) groups is 1. The van der Waals surface area contributed by atoms with E-state index >= 15 is 0 Å². The first-order chi connectivity index (χ1) is 27.7. The molecule has 4 heteroatoms. The summed E-state index contributed by atoms with van der Waals surface area (Å²) >= 11 is 1.88. The molecule has 1 aliphatic heterocycles. The number of thiophene rings is 1. The minimum atomic E-state index is -0.151. The number of benzene rings is 7. The SMILES string of the molecule is C1=C(c2ccccc2)CCC(C2CC(c3cccc4oc5ccc(-c6cccc7c6sc6ccc(-c8ccccc8)cc67)cc5c34)=NC(c3ccccc3)N2)=C1. The van der Waals surface area contributed by atoms with Crippen LogP contribution >= 0.6 is 11.3 Å². The van der Waals surface area contributed by atoms with E-state index in [1.807, 2.05) is 11.3 Å². The summed E-state index contributed by atoms with van der Waals surface area (Å²) in [6.45, 7) is 0. The maximum atomic E-state index is 6.59. The lowest BCUT2D eigenvalue weighted by Crippen LogP contribution is -2.40. The van der Waals surface area contributed by atoms with Crippen molar-refractivity contribution in [1.29, 1.82) is 0 Å². The molecule has 1 N–H and O–H groups in total. The Morgan fingerprint density at radius 1 is 0.554 bits per heavy atom. The second-order valence-electron chi connectivity index (χ2n) is 15.0. The van der Waals surface area contributed by atoms with Crippen LogP contribution in [0.3, 0.4) is 0 Å². The zero-order chi connectivity index (χ0) is 37.0. The van der Waals surface area contributed by atoms with Crippen molar-refractivity contribution < 1.29 is 4.42 Å². The highest BCUT2D eigenvalue weighted by atomic mass is 32.1. The molecule has 268 valence electrons. The molecule has 3 heterocycles. The summed E-state index contributed by atoms with van der Waals surface area (Å²) in [5, 5.41) is 8.79. The minimum absolute atomic E-state index is 0.151. The van der Waals surface area contributed by atoms with E-state index in [4.69, 9.17) is 9.41 Å². The van der Waals surface area contributed by atoms with Crippen molar-refractivity contribution in [1.82, 2.24) is 5.32 Å². The standard InChI is InChI=1S/C52H38N2OS/c1-4-12-33(13-5-1)35-22-24-36(25-23-35)45-32-46(54-52(53-45)37-16-8-3-9-17-37)42-20-11-21-48-50(42)44-31-39(26-28-47(44)55-48)40-18-10-19-41-43-30-38(34-14-6-2-7-15-34)27-29-49(43)56-51(40)41/h1-22,24,26-31,45,52-53H,23,25,32H2. The van der Waals surface area contributed by atoms with Gasteiger partial charge in [-0.15, -0.1) is 11.3 Å². The number of allylic oxidation sites excluding steroid dienone is 3. The van der Waals surface area contributed by atoms with Gasteiger partial charge in [0.1, 0.15) is 17.3 Å². The average Bonchev–Trinajstić information content (AvgIpc) is 3.85. The first-order valence-electron chi connectivity index (χ1n) is 19.5. The van der Waals surface area contributed by atoms with E-state index in [1.165, 1.54) is 64.7 Å². The minimum Gasteiger partial charge on any atom is -0.456 e. The van der Waals surface area contributed by atoms with Gasteiger partial charge in [0.2, 0.25) is 0 Å². The smallest absolute Gasteiger partial charge is 0.136 e. The van der Waals surface area contributed by atoms with Gasteiger partial charge in [-0.2, -0.15) is 0 Å². The number of hydrogen-bond donors (Lipinski definition) is 1. The van der Waals surface area contributed by atoms with Crippen LogP contribution in [0.1, 0.15) is 42.1 Å². The van der Waals surface area contributed by atoms with Gasteiger partial charge in [0, 0.05) is 54.7 Å². The van der Waals surface area contributed by atoms with E-state index in [0.717, 1.165) is 52.5 Å². The van der Waals surface area contributed by atoms with Crippen molar-refractivity contribution in [2.24, 2.45) is 4.99 Å². The van der Waals surface area contributed by atoms with Gasteiger partial charge in [-0.1, -0.05) is 151 Å². The Kier molecular flexibility index (Phi) is 8.12. The summed E-state index contributed by atoms with van der Waals surface area (Å²) in [6, 6.07) is 59.0.